The minimum Gasteiger partial charge on any atom is -0.489 e. The Morgan fingerprint density at radius 1 is 1.36 bits per heavy atom. The summed E-state index contributed by atoms with van der Waals surface area (Å²) >= 11 is 1.77. The van der Waals surface area contributed by atoms with Crippen LogP contribution >= 0.6 is 11.3 Å². The van der Waals surface area contributed by atoms with Gasteiger partial charge in [-0.05, 0) is 26.6 Å². The van der Waals surface area contributed by atoms with Gasteiger partial charge in [-0.15, -0.1) is 11.3 Å². The van der Waals surface area contributed by atoms with Crippen molar-refractivity contribution in [1.29, 1.82) is 0 Å². The summed E-state index contributed by atoms with van der Waals surface area (Å²) in [7, 11) is 4.10. The van der Waals surface area contributed by atoms with Gasteiger partial charge in [-0.25, -0.2) is 4.98 Å². The van der Waals surface area contributed by atoms with E-state index < -0.39 is 0 Å². The van der Waals surface area contributed by atoms with Gasteiger partial charge in [0.2, 0.25) is 0 Å². The normalized spacial score (nSPS) is 18.4. The molecule has 0 N–H and O–H groups in total. The third-order valence-electron chi connectivity index (χ3n) is 4.25. The molecule has 0 saturated carbocycles. The Balaban J connectivity index is 1.52. The van der Waals surface area contributed by atoms with Crippen molar-refractivity contribution >= 4 is 11.3 Å². The van der Waals surface area contributed by atoms with Gasteiger partial charge in [-0.2, -0.15) is 0 Å². The van der Waals surface area contributed by atoms with Crippen LogP contribution in [0.5, 0.6) is 5.75 Å². The van der Waals surface area contributed by atoms with E-state index in [0.29, 0.717) is 5.92 Å². The summed E-state index contributed by atoms with van der Waals surface area (Å²) in [5.41, 5.74) is 2.23. The smallest absolute Gasteiger partial charge is 0.123 e. The molecule has 0 amide bonds. The molecule has 0 aliphatic carbocycles. The fourth-order valence-corrected chi connectivity index (χ4v) is 3.88. The summed E-state index contributed by atoms with van der Waals surface area (Å²) in [5, 5.41) is 3.42. The highest BCUT2D eigenvalue weighted by atomic mass is 32.1. The summed E-state index contributed by atoms with van der Waals surface area (Å²) in [5.74, 6) is 1.44. The molecule has 1 atom stereocenters. The van der Waals surface area contributed by atoms with Gasteiger partial charge in [0, 0.05) is 49.7 Å². The topological polar surface area (TPSA) is 41.5 Å². The van der Waals surface area contributed by atoms with Gasteiger partial charge in [0.1, 0.15) is 11.9 Å². The Bertz CT molecular complexity index is 686. The quantitative estimate of drug-likeness (QED) is 0.757. The number of thiazole rings is 1. The fraction of sp³-hybridized carbons (Fsp3) is 0.579. The van der Waals surface area contributed by atoms with E-state index in [9.17, 15) is 0 Å². The summed E-state index contributed by atoms with van der Waals surface area (Å²) in [6.45, 7) is 8.17. The molecule has 1 unspecified atom stereocenters. The molecule has 1 fully saturated rings. The lowest BCUT2D eigenvalue weighted by Crippen LogP contribution is -2.24. The largest absolute Gasteiger partial charge is 0.489 e. The fourth-order valence-electron chi connectivity index (χ4n) is 3.06. The maximum Gasteiger partial charge on any atom is 0.123 e. The van der Waals surface area contributed by atoms with Crippen LogP contribution in [0.25, 0.3) is 0 Å². The molecule has 25 heavy (non-hydrogen) atoms. The first-order valence-electron chi connectivity index (χ1n) is 8.92. The van der Waals surface area contributed by atoms with Crippen molar-refractivity contribution < 1.29 is 4.74 Å². The molecule has 3 heterocycles. The molecule has 136 valence electrons. The molecule has 0 bridgehead atoms. The third kappa shape index (κ3) is 5.23. The maximum atomic E-state index is 6.19. The average Bonchev–Trinajstić information content (AvgIpc) is 3.17. The number of aromatic nitrogens is 2. The molecule has 0 aromatic carbocycles. The van der Waals surface area contributed by atoms with Crippen LogP contribution in [0.15, 0.2) is 23.7 Å². The van der Waals surface area contributed by atoms with E-state index in [1.807, 2.05) is 26.4 Å². The lowest BCUT2D eigenvalue weighted by molar-refractivity contribution is 0.197. The van der Waals surface area contributed by atoms with Gasteiger partial charge in [-0.3, -0.25) is 9.88 Å². The van der Waals surface area contributed by atoms with E-state index in [2.05, 4.69) is 40.1 Å². The standard InChI is InChI=1S/C19H28N4OS/c1-14(2)19-21-16(13-25-19)11-23-8-6-18(12-23)24-17-5-7-20-15(9-17)10-22(3)4/h5,7,9,13-14,18H,6,8,10-12H2,1-4H3. The zero-order chi connectivity index (χ0) is 17.8. The molecule has 0 radical (unpaired) electrons. The van der Waals surface area contributed by atoms with Crippen molar-refractivity contribution in [3.63, 3.8) is 0 Å². The van der Waals surface area contributed by atoms with Crippen LogP contribution in [0.1, 0.15) is 42.6 Å². The number of hydrogen-bond acceptors (Lipinski definition) is 6. The first-order chi connectivity index (χ1) is 12.0. The van der Waals surface area contributed by atoms with Gasteiger partial charge in [-0.1, -0.05) is 13.8 Å². The monoisotopic (exact) mass is 360 g/mol. The molecule has 2 aromatic heterocycles. The van der Waals surface area contributed by atoms with Crippen LogP contribution in [0, 0.1) is 0 Å². The molecule has 1 aliphatic heterocycles. The van der Waals surface area contributed by atoms with E-state index in [4.69, 9.17) is 9.72 Å². The number of pyridine rings is 1. The maximum absolute atomic E-state index is 6.19. The summed E-state index contributed by atoms with van der Waals surface area (Å²) in [6, 6.07) is 4.01. The van der Waals surface area contributed by atoms with Crippen LogP contribution in [0.2, 0.25) is 0 Å². The Hall–Kier alpha value is -1.50. The summed E-state index contributed by atoms with van der Waals surface area (Å²) < 4.78 is 6.19. The number of ether oxygens (including phenoxy) is 1. The lowest BCUT2D eigenvalue weighted by atomic mass is 10.2. The molecule has 5 nitrogen and oxygen atoms in total. The van der Waals surface area contributed by atoms with Gasteiger partial charge >= 0.3 is 0 Å². The average molecular weight is 361 g/mol. The predicted octanol–water partition coefficient (Wildman–Crippen LogP) is 3.38. The van der Waals surface area contributed by atoms with Crippen molar-refractivity contribution in [1.82, 2.24) is 19.8 Å². The second kappa shape index (κ2) is 8.25. The Labute approximate surface area is 154 Å². The van der Waals surface area contributed by atoms with Gasteiger partial charge in [0.25, 0.3) is 0 Å². The molecule has 2 aromatic rings. The number of hydrogen-bond donors (Lipinski definition) is 0. The minimum absolute atomic E-state index is 0.248. The highest BCUT2D eigenvalue weighted by molar-refractivity contribution is 7.09. The number of rotatable bonds is 7. The molecular weight excluding hydrogens is 332 g/mol. The highest BCUT2D eigenvalue weighted by Crippen LogP contribution is 2.23. The molecule has 3 rings (SSSR count). The Morgan fingerprint density at radius 3 is 2.92 bits per heavy atom. The van der Waals surface area contributed by atoms with Crippen LogP contribution in [0.3, 0.4) is 0 Å². The minimum atomic E-state index is 0.248. The van der Waals surface area contributed by atoms with Crippen LogP contribution in [0.4, 0.5) is 0 Å². The molecule has 6 heteroatoms. The molecule has 1 saturated heterocycles. The number of likely N-dealkylation sites (tertiary alicyclic amines) is 1. The Kier molecular flexibility index (Phi) is 6.04. The van der Waals surface area contributed by atoms with E-state index in [-0.39, 0.29) is 6.10 Å². The van der Waals surface area contributed by atoms with E-state index >= 15 is 0 Å². The van der Waals surface area contributed by atoms with Crippen molar-refractivity contribution in [3.8, 4) is 5.75 Å². The van der Waals surface area contributed by atoms with E-state index in [1.165, 1.54) is 10.7 Å². The SMILES string of the molecule is CC(C)c1nc(CN2CCC(Oc3ccnc(CN(C)C)c3)C2)cs1. The zero-order valence-corrected chi connectivity index (χ0v) is 16.4. The third-order valence-corrected chi connectivity index (χ3v) is 5.44. The molecule has 0 spiro atoms. The van der Waals surface area contributed by atoms with Crippen molar-refractivity contribution in [2.45, 2.75) is 45.4 Å². The van der Waals surface area contributed by atoms with E-state index in [1.54, 1.807) is 11.3 Å². The van der Waals surface area contributed by atoms with Crippen LogP contribution < -0.4 is 4.74 Å². The first kappa shape index (κ1) is 18.3. The van der Waals surface area contributed by atoms with Gasteiger partial charge in [0.15, 0.2) is 0 Å². The second-order valence-corrected chi connectivity index (χ2v) is 8.21. The summed E-state index contributed by atoms with van der Waals surface area (Å²) in [4.78, 5) is 13.7. The van der Waals surface area contributed by atoms with Gasteiger partial charge in [0.05, 0.1) is 16.4 Å². The summed E-state index contributed by atoms with van der Waals surface area (Å²) in [6.07, 6.45) is 3.15. The molecule has 1 aliphatic rings. The van der Waals surface area contributed by atoms with E-state index in [0.717, 1.165) is 44.0 Å². The van der Waals surface area contributed by atoms with Gasteiger partial charge < -0.3 is 9.64 Å². The van der Waals surface area contributed by atoms with Crippen LogP contribution in [-0.4, -0.2) is 53.1 Å². The zero-order valence-electron chi connectivity index (χ0n) is 15.6. The Morgan fingerprint density at radius 2 is 2.20 bits per heavy atom. The lowest BCUT2D eigenvalue weighted by Gasteiger charge is -2.17. The molecular formula is C19H28N4OS. The highest BCUT2D eigenvalue weighted by Gasteiger charge is 2.24. The van der Waals surface area contributed by atoms with Crippen molar-refractivity contribution in [3.05, 3.63) is 40.1 Å². The van der Waals surface area contributed by atoms with Crippen molar-refractivity contribution in [2.75, 3.05) is 27.2 Å². The first-order valence-corrected chi connectivity index (χ1v) is 9.80. The number of nitrogens with zero attached hydrogens (tertiary/aromatic N) is 4. The van der Waals surface area contributed by atoms with Crippen LogP contribution in [-0.2, 0) is 13.1 Å². The predicted molar refractivity (Wildman–Crippen MR) is 102 cm³/mol. The second-order valence-electron chi connectivity index (χ2n) is 7.32. The van der Waals surface area contributed by atoms with Crippen molar-refractivity contribution in [2.24, 2.45) is 0 Å².